The highest BCUT2D eigenvalue weighted by Gasteiger charge is 1.96. The van der Waals surface area contributed by atoms with Crippen LogP contribution in [0.25, 0.3) is 17.2 Å². The maximum absolute atomic E-state index is 10.4. The Morgan fingerprint density at radius 1 is 0.947 bits per heavy atom. The lowest BCUT2D eigenvalue weighted by Gasteiger charge is -2.01. The molecule has 2 aromatic rings. The van der Waals surface area contributed by atoms with Crippen LogP contribution in [0, 0.1) is 0 Å². The molecular formula is C17H16O2. The normalized spacial score (nSPS) is 10.7. The van der Waals surface area contributed by atoms with Crippen LogP contribution < -0.4 is 0 Å². The number of aliphatic carboxylic acids is 1. The molecule has 0 heterocycles. The molecule has 0 aliphatic heterocycles. The van der Waals surface area contributed by atoms with E-state index in [0.717, 1.165) is 5.56 Å². The van der Waals surface area contributed by atoms with Gasteiger partial charge in [0.25, 0.3) is 0 Å². The van der Waals surface area contributed by atoms with Gasteiger partial charge in [0.1, 0.15) is 0 Å². The van der Waals surface area contributed by atoms with Gasteiger partial charge in [0.15, 0.2) is 0 Å². The number of carboxylic acid groups (broad SMARTS) is 1. The van der Waals surface area contributed by atoms with Gasteiger partial charge in [-0.05, 0) is 23.1 Å². The topological polar surface area (TPSA) is 37.3 Å². The predicted octanol–water partition coefficient (Wildman–Crippen LogP) is 4.23. The zero-order valence-electron chi connectivity index (χ0n) is 10.6. The van der Waals surface area contributed by atoms with Crippen molar-refractivity contribution in [3.8, 4) is 11.1 Å². The lowest BCUT2D eigenvalue weighted by Crippen LogP contribution is -1.91. The third-order valence-corrected chi connectivity index (χ3v) is 2.85. The molecule has 0 atom stereocenters. The molecule has 0 aromatic heterocycles. The van der Waals surface area contributed by atoms with Crippen molar-refractivity contribution in [2.24, 2.45) is 0 Å². The molecule has 0 aliphatic carbocycles. The Labute approximate surface area is 113 Å². The third-order valence-electron chi connectivity index (χ3n) is 2.85. The quantitative estimate of drug-likeness (QED) is 0.864. The largest absolute Gasteiger partial charge is 0.481 e. The summed E-state index contributed by atoms with van der Waals surface area (Å²) in [5, 5.41) is 8.54. The highest BCUT2D eigenvalue weighted by molar-refractivity contribution is 5.67. The van der Waals surface area contributed by atoms with Crippen LogP contribution in [0.2, 0.25) is 0 Å². The number of benzene rings is 2. The van der Waals surface area contributed by atoms with Crippen molar-refractivity contribution >= 4 is 12.0 Å². The van der Waals surface area contributed by atoms with E-state index in [1.54, 1.807) is 0 Å². The van der Waals surface area contributed by atoms with Gasteiger partial charge < -0.3 is 5.11 Å². The van der Waals surface area contributed by atoms with Gasteiger partial charge in [0.05, 0.1) is 0 Å². The maximum atomic E-state index is 10.4. The first-order valence-electron chi connectivity index (χ1n) is 6.29. The number of hydrogen-bond donors (Lipinski definition) is 1. The first-order valence-corrected chi connectivity index (χ1v) is 6.29. The summed E-state index contributed by atoms with van der Waals surface area (Å²) < 4.78 is 0. The Balaban J connectivity index is 2.01. The molecule has 0 amide bonds. The molecule has 2 aromatic carbocycles. The molecule has 96 valence electrons. The molecule has 0 saturated heterocycles. The lowest BCUT2D eigenvalue weighted by atomic mass is 10.0. The summed E-state index contributed by atoms with van der Waals surface area (Å²) in [6.07, 6.45) is 4.59. The number of allylic oxidation sites excluding steroid dienone is 1. The van der Waals surface area contributed by atoms with E-state index in [1.165, 1.54) is 11.1 Å². The van der Waals surface area contributed by atoms with Gasteiger partial charge in [-0.3, -0.25) is 4.79 Å². The van der Waals surface area contributed by atoms with Crippen molar-refractivity contribution in [1.82, 2.24) is 0 Å². The summed E-state index contributed by atoms with van der Waals surface area (Å²) in [6.45, 7) is 0. The molecular weight excluding hydrogens is 236 g/mol. The molecule has 0 bridgehead atoms. The van der Waals surface area contributed by atoms with Gasteiger partial charge in [0.2, 0.25) is 0 Å². The van der Waals surface area contributed by atoms with E-state index < -0.39 is 5.97 Å². The predicted molar refractivity (Wildman–Crippen MR) is 77.8 cm³/mol. The zero-order valence-corrected chi connectivity index (χ0v) is 10.6. The lowest BCUT2D eigenvalue weighted by molar-refractivity contribution is -0.136. The minimum Gasteiger partial charge on any atom is -0.481 e. The summed E-state index contributed by atoms with van der Waals surface area (Å²) in [5.41, 5.74) is 3.47. The molecule has 19 heavy (non-hydrogen) atoms. The minimum atomic E-state index is -0.760. The van der Waals surface area contributed by atoms with E-state index in [4.69, 9.17) is 5.11 Å². The van der Waals surface area contributed by atoms with Gasteiger partial charge in [0, 0.05) is 6.42 Å². The Kier molecular flexibility index (Phi) is 4.51. The smallest absolute Gasteiger partial charge is 0.303 e. The zero-order chi connectivity index (χ0) is 13.5. The van der Waals surface area contributed by atoms with Gasteiger partial charge in [-0.1, -0.05) is 66.7 Å². The highest BCUT2D eigenvalue weighted by atomic mass is 16.4. The molecule has 0 fully saturated rings. The van der Waals surface area contributed by atoms with E-state index in [0.29, 0.717) is 6.42 Å². The summed E-state index contributed by atoms with van der Waals surface area (Å²) in [6, 6.07) is 18.4. The summed E-state index contributed by atoms with van der Waals surface area (Å²) in [7, 11) is 0. The molecule has 2 rings (SSSR count). The van der Waals surface area contributed by atoms with Crippen molar-refractivity contribution in [2.75, 3.05) is 0 Å². The van der Waals surface area contributed by atoms with E-state index in [-0.39, 0.29) is 6.42 Å². The van der Waals surface area contributed by atoms with Crippen molar-refractivity contribution in [3.05, 3.63) is 66.2 Å². The fraction of sp³-hybridized carbons (Fsp3) is 0.118. The second kappa shape index (κ2) is 6.55. The Morgan fingerprint density at radius 2 is 1.58 bits per heavy atom. The average molecular weight is 252 g/mol. The average Bonchev–Trinajstić information content (AvgIpc) is 2.45. The van der Waals surface area contributed by atoms with Crippen LogP contribution in [-0.4, -0.2) is 11.1 Å². The molecule has 0 spiro atoms. The van der Waals surface area contributed by atoms with Crippen LogP contribution >= 0.6 is 0 Å². The van der Waals surface area contributed by atoms with Crippen LogP contribution in [0.15, 0.2) is 60.7 Å². The second-order valence-corrected chi connectivity index (χ2v) is 4.32. The van der Waals surface area contributed by atoms with Crippen molar-refractivity contribution in [3.63, 3.8) is 0 Å². The fourth-order valence-electron chi connectivity index (χ4n) is 1.84. The summed E-state index contributed by atoms with van der Waals surface area (Å²) in [5.74, 6) is -0.760. The monoisotopic (exact) mass is 252 g/mol. The minimum absolute atomic E-state index is 0.179. The van der Waals surface area contributed by atoms with E-state index in [2.05, 4.69) is 24.3 Å². The van der Waals surface area contributed by atoms with Crippen molar-refractivity contribution in [2.45, 2.75) is 12.8 Å². The third kappa shape index (κ3) is 4.11. The van der Waals surface area contributed by atoms with E-state index in [1.807, 2.05) is 42.5 Å². The molecule has 2 nitrogen and oxygen atoms in total. The number of carboxylic acids is 1. The highest BCUT2D eigenvalue weighted by Crippen LogP contribution is 2.19. The Hall–Kier alpha value is -2.35. The van der Waals surface area contributed by atoms with Crippen LogP contribution in [0.4, 0.5) is 0 Å². The first-order chi connectivity index (χ1) is 9.25. The SMILES string of the molecule is O=C(O)CC/C=C/c1ccc(-c2ccccc2)cc1. The second-order valence-electron chi connectivity index (χ2n) is 4.32. The van der Waals surface area contributed by atoms with Crippen LogP contribution in [0.3, 0.4) is 0 Å². The molecule has 0 saturated carbocycles. The van der Waals surface area contributed by atoms with Crippen molar-refractivity contribution in [1.29, 1.82) is 0 Å². The van der Waals surface area contributed by atoms with Gasteiger partial charge >= 0.3 is 5.97 Å². The van der Waals surface area contributed by atoms with E-state index >= 15 is 0 Å². The first kappa shape index (κ1) is 13.1. The molecule has 2 heteroatoms. The maximum Gasteiger partial charge on any atom is 0.303 e. The number of rotatable bonds is 5. The van der Waals surface area contributed by atoms with Crippen LogP contribution in [-0.2, 0) is 4.79 Å². The fourth-order valence-corrected chi connectivity index (χ4v) is 1.84. The van der Waals surface area contributed by atoms with Crippen molar-refractivity contribution < 1.29 is 9.90 Å². The van der Waals surface area contributed by atoms with Crippen LogP contribution in [0.5, 0.6) is 0 Å². The molecule has 0 unspecified atom stereocenters. The van der Waals surface area contributed by atoms with Gasteiger partial charge in [-0.25, -0.2) is 0 Å². The molecule has 1 N–H and O–H groups in total. The van der Waals surface area contributed by atoms with Crippen LogP contribution in [0.1, 0.15) is 18.4 Å². The summed E-state index contributed by atoms with van der Waals surface area (Å²) >= 11 is 0. The standard InChI is InChI=1S/C17H16O2/c18-17(19)9-5-4-6-14-10-12-16(13-11-14)15-7-2-1-3-8-15/h1-4,6-8,10-13H,5,9H2,(H,18,19)/b6-4+. The number of carbonyl (C=O) groups is 1. The molecule has 0 radical (unpaired) electrons. The van der Waals surface area contributed by atoms with Gasteiger partial charge in [-0.15, -0.1) is 0 Å². The summed E-state index contributed by atoms with van der Waals surface area (Å²) in [4.78, 5) is 10.4. The van der Waals surface area contributed by atoms with E-state index in [9.17, 15) is 4.79 Å². The van der Waals surface area contributed by atoms with Gasteiger partial charge in [-0.2, -0.15) is 0 Å². The molecule has 0 aliphatic rings. The number of hydrogen-bond acceptors (Lipinski definition) is 1. The Morgan fingerprint density at radius 3 is 2.21 bits per heavy atom. The Bertz CT molecular complexity index is 554.